The second kappa shape index (κ2) is 6.56. The second-order valence-corrected chi connectivity index (χ2v) is 5.46. The van der Waals surface area contributed by atoms with Crippen LogP contribution >= 0.6 is 0 Å². The third-order valence-corrected chi connectivity index (χ3v) is 4.15. The zero-order chi connectivity index (χ0) is 15.6. The van der Waals surface area contributed by atoms with Gasteiger partial charge in [-0.25, -0.2) is 4.79 Å². The number of carbonyl (C=O) groups excluding carboxylic acids is 1. The highest BCUT2D eigenvalue weighted by Crippen LogP contribution is 2.36. The highest BCUT2D eigenvalue weighted by molar-refractivity contribution is 5.89. The van der Waals surface area contributed by atoms with Crippen LogP contribution in [0.25, 0.3) is 0 Å². The molecule has 5 nitrogen and oxygen atoms in total. The van der Waals surface area contributed by atoms with Gasteiger partial charge in [0.1, 0.15) is 12.2 Å². The molecule has 1 aliphatic heterocycles. The Morgan fingerprint density at radius 2 is 2.05 bits per heavy atom. The van der Waals surface area contributed by atoms with Gasteiger partial charge in [0.2, 0.25) is 0 Å². The maximum Gasteiger partial charge on any atom is 0.337 e. The van der Waals surface area contributed by atoms with Crippen molar-refractivity contribution >= 4 is 5.97 Å². The lowest BCUT2D eigenvalue weighted by Gasteiger charge is -2.41. The van der Waals surface area contributed by atoms with E-state index in [2.05, 4.69) is 0 Å². The topological polar surface area (TPSA) is 76.0 Å². The Balaban J connectivity index is 2.29. The summed E-state index contributed by atoms with van der Waals surface area (Å²) in [6, 6.07) is 6.76. The predicted octanol–water partition coefficient (Wildman–Crippen LogP) is 1.68. The lowest BCUT2D eigenvalue weighted by Crippen LogP contribution is -2.49. The van der Waals surface area contributed by atoms with E-state index in [1.54, 1.807) is 24.3 Å². The van der Waals surface area contributed by atoms with Crippen molar-refractivity contribution in [1.29, 1.82) is 0 Å². The molecule has 1 aliphatic rings. The van der Waals surface area contributed by atoms with Crippen molar-refractivity contribution in [3.63, 3.8) is 0 Å². The average molecular weight is 294 g/mol. The molecule has 2 rings (SSSR count). The maximum absolute atomic E-state index is 11.6. The molecule has 5 atom stereocenters. The van der Waals surface area contributed by atoms with Gasteiger partial charge in [0.05, 0.1) is 24.9 Å². The standard InChI is InChI=1S/C16H22O5/c1-4-12-9(2)13(17)14(18)15(21-12)10-6-5-7-11(8-10)16(19)20-3/h5-9,12-15,17-18H,4H2,1-3H3/t9-,12-,13+,14+,15-/m1/s1. The van der Waals surface area contributed by atoms with E-state index in [1.807, 2.05) is 13.8 Å². The molecule has 0 amide bonds. The van der Waals surface area contributed by atoms with Crippen molar-refractivity contribution < 1.29 is 24.5 Å². The summed E-state index contributed by atoms with van der Waals surface area (Å²) in [5.41, 5.74) is 1.06. The number of benzene rings is 1. The number of hydrogen-bond acceptors (Lipinski definition) is 5. The van der Waals surface area contributed by atoms with Crippen molar-refractivity contribution in [2.45, 2.75) is 44.7 Å². The molecular weight excluding hydrogens is 272 g/mol. The molecule has 0 aliphatic carbocycles. The molecule has 5 heteroatoms. The average Bonchev–Trinajstić information content (AvgIpc) is 2.52. The fraction of sp³-hybridized carbons (Fsp3) is 0.562. The van der Waals surface area contributed by atoms with E-state index in [4.69, 9.17) is 9.47 Å². The van der Waals surface area contributed by atoms with Gasteiger partial charge >= 0.3 is 5.97 Å². The SMILES string of the molecule is CC[C@H]1O[C@H](c2cccc(C(=O)OC)c2)[C@@H](O)[C@@H](O)[C@@H]1C. The third-order valence-electron chi connectivity index (χ3n) is 4.15. The summed E-state index contributed by atoms with van der Waals surface area (Å²) < 4.78 is 10.6. The summed E-state index contributed by atoms with van der Waals surface area (Å²) in [6.45, 7) is 3.84. The van der Waals surface area contributed by atoms with Gasteiger partial charge in [0, 0.05) is 5.92 Å². The van der Waals surface area contributed by atoms with E-state index >= 15 is 0 Å². The van der Waals surface area contributed by atoms with Gasteiger partial charge in [0.15, 0.2) is 0 Å². The summed E-state index contributed by atoms with van der Waals surface area (Å²) in [5, 5.41) is 20.5. The number of rotatable bonds is 3. The van der Waals surface area contributed by atoms with E-state index in [0.29, 0.717) is 11.1 Å². The molecule has 0 aromatic heterocycles. The summed E-state index contributed by atoms with van der Waals surface area (Å²) in [5.74, 6) is -0.576. The molecule has 0 saturated carbocycles. The quantitative estimate of drug-likeness (QED) is 0.830. The Hall–Kier alpha value is -1.43. The molecule has 2 N–H and O–H groups in total. The molecule has 0 unspecified atom stereocenters. The number of methoxy groups -OCH3 is 1. The zero-order valence-electron chi connectivity index (χ0n) is 12.5. The van der Waals surface area contributed by atoms with Gasteiger partial charge in [-0.3, -0.25) is 0 Å². The first-order valence-electron chi connectivity index (χ1n) is 7.19. The lowest BCUT2D eigenvalue weighted by molar-refractivity contribution is -0.199. The van der Waals surface area contributed by atoms with E-state index in [-0.39, 0.29) is 12.0 Å². The zero-order valence-corrected chi connectivity index (χ0v) is 12.5. The first-order chi connectivity index (χ1) is 9.99. The normalized spacial score (nSPS) is 32.7. The van der Waals surface area contributed by atoms with Crippen LogP contribution in [0.5, 0.6) is 0 Å². The highest BCUT2D eigenvalue weighted by Gasteiger charge is 2.42. The fourth-order valence-electron chi connectivity index (χ4n) is 2.81. The van der Waals surface area contributed by atoms with Crippen LogP contribution in [0.2, 0.25) is 0 Å². The second-order valence-electron chi connectivity index (χ2n) is 5.46. The van der Waals surface area contributed by atoms with Crippen LogP contribution in [-0.2, 0) is 9.47 Å². The third kappa shape index (κ3) is 3.10. The monoisotopic (exact) mass is 294 g/mol. The molecule has 0 radical (unpaired) electrons. The van der Waals surface area contributed by atoms with E-state index < -0.39 is 24.3 Å². The predicted molar refractivity (Wildman–Crippen MR) is 76.9 cm³/mol. The number of aliphatic hydroxyl groups is 2. The molecule has 1 aromatic rings. The molecule has 1 saturated heterocycles. The first-order valence-corrected chi connectivity index (χ1v) is 7.19. The van der Waals surface area contributed by atoms with E-state index in [1.165, 1.54) is 7.11 Å². The number of hydrogen-bond donors (Lipinski definition) is 2. The first kappa shape index (κ1) is 15.9. The van der Waals surface area contributed by atoms with Crippen molar-refractivity contribution in [2.75, 3.05) is 7.11 Å². The van der Waals surface area contributed by atoms with Crippen molar-refractivity contribution in [3.05, 3.63) is 35.4 Å². The van der Waals surface area contributed by atoms with Crippen LogP contribution in [0.3, 0.4) is 0 Å². The lowest BCUT2D eigenvalue weighted by atomic mass is 9.84. The van der Waals surface area contributed by atoms with Gasteiger partial charge in [-0.2, -0.15) is 0 Å². The van der Waals surface area contributed by atoms with Crippen LogP contribution in [0, 0.1) is 5.92 Å². The summed E-state index contributed by atoms with van der Waals surface area (Å²) in [6.07, 6.45) is -1.90. The van der Waals surface area contributed by atoms with E-state index in [9.17, 15) is 15.0 Å². The molecule has 0 spiro atoms. The van der Waals surface area contributed by atoms with Crippen LogP contribution in [0.4, 0.5) is 0 Å². The number of ether oxygens (including phenoxy) is 2. The number of esters is 1. The molecule has 1 aromatic carbocycles. The molecule has 1 heterocycles. The Morgan fingerprint density at radius 3 is 2.67 bits per heavy atom. The highest BCUT2D eigenvalue weighted by atomic mass is 16.5. The molecule has 1 fully saturated rings. The molecule has 0 bridgehead atoms. The van der Waals surface area contributed by atoms with Crippen molar-refractivity contribution in [1.82, 2.24) is 0 Å². The minimum atomic E-state index is -1.02. The van der Waals surface area contributed by atoms with Gasteiger partial charge in [-0.15, -0.1) is 0 Å². The Bertz CT molecular complexity index is 499. The number of aliphatic hydroxyl groups excluding tert-OH is 2. The van der Waals surface area contributed by atoms with Crippen LogP contribution in [0.1, 0.15) is 42.3 Å². The largest absolute Gasteiger partial charge is 0.465 e. The maximum atomic E-state index is 11.6. The van der Waals surface area contributed by atoms with Gasteiger partial charge in [-0.1, -0.05) is 26.0 Å². The molecule has 116 valence electrons. The van der Waals surface area contributed by atoms with E-state index in [0.717, 1.165) is 6.42 Å². The molecule has 21 heavy (non-hydrogen) atoms. The molecular formula is C16H22O5. The summed E-state index contributed by atoms with van der Waals surface area (Å²) >= 11 is 0. The van der Waals surface area contributed by atoms with Crippen LogP contribution in [0.15, 0.2) is 24.3 Å². The Morgan fingerprint density at radius 1 is 1.33 bits per heavy atom. The number of carbonyl (C=O) groups is 1. The van der Waals surface area contributed by atoms with Gasteiger partial charge < -0.3 is 19.7 Å². The fourth-order valence-corrected chi connectivity index (χ4v) is 2.81. The van der Waals surface area contributed by atoms with Gasteiger partial charge in [0.25, 0.3) is 0 Å². The minimum absolute atomic E-state index is 0.129. The Labute approximate surface area is 124 Å². The van der Waals surface area contributed by atoms with Crippen LogP contribution < -0.4 is 0 Å². The minimum Gasteiger partial charge on any atom is -0.465 e. The summed E-state index contributed by atoms with van der Waals surface area (Å²) in [7, 11) is 1.32. The van der Waals surface area contributed by atoms with Crippen molar-refractivity contribution in [2.24, 2.45) is 5.92 Å². The Kier molecular flexibility index (Phi) is 4.98. The van der Waals surface area contributed by atoms with Gasteiger partial charge in [-0.05, 0) is 24.1 Å². The van der Waals surface area contributed by atoms with Crippen molar-refractivity contribution in [3.8, 4) is 0 Å². The smallest absolute Gasteiger partial charge is 0.337 e. The summed E-state index contributed by atoms with van der Waals surface area (Å²) in [4.78, 5) is 11.6. The van der Waals surface area contributed by atoms with Crippen LogP contribution in [-0.4, -0.2) is 41.6 Å².